The van der Waals surface area contributed by atoms with Gasteiger partial charge in [-0.2, -0.15) is 0 Å². The standard InChI is InChI=1S/C13H14Cl2N2O/c1-8(9-2-3-9)7-16-13(18)17-12-6-10(14)4-5-11(12)15/h4-7,9H,2-3H2,1H3,(H2,16,17,18)/b8-7+. The van der Waals surface area contributed by atoms with Gasteiger partial charge in [-0.15, -0.1) is 0 Å². The first kappa shape index (κ1) is 13.2. The molecular weight excluding hydrogens is 271 g/mol. The number of urea groups is 1. The summed E-state index contributed by atoms with van der Waals surface area (Å²) >= 11 is 11.8. The van der Waals surface area contributed by atoms with Crippen molar-refractivity contribution >= 4 is 34.9 Å². The number of hydrogen-bond donors (Lipinski definition) is 2. The van der Waals surface area contributed by atoms with E-state index in [9.17, 15) is 4.79 Å². The van der Waals surface area contributed by atoms with E-state index in [2.05, 4.69) is 10.6 Å². The molecule has 1 saturated carbocycles. The summed E-state index contributed by atoms with van der Waals surface area (Å²) in [7, 11) is 0. The summed E-state index contributed by atoms with van der Waals surface area (Å²) < 4.78 is 0. The van der Waals surface area contributed by atoms with Crippen molar-refractivity contribution in [1.29, 1.82) is 0 Å². The topological polar surface area (TPSA) is 41.1 Å². The van der Waals surface area contributed by atoms with Crippen molar-refractivity contribution in [2.24, 2.45) is 5.92 Å². The summed E-state index contributed by atoms with van der Waals surface area (Å²) in [6.07, 6.45) is 4.17. The van der Waals surface area contributed by atoms with Gasteiger partial charge in [0.05, 0.1) is 10.7 Å². The third kappa shape index (κ3) is 3.65. The summed E-state index contributed by atoms with van der Waals surface area (Å²) in [5, 5.41) is 6.32. The maximum Gasteiger partial charge on any atom is 0.323 e. The number of rotatable bonds is 3. The van der Waals surface area contributed by atoms with Crippen molar-refractivity contribution in [1.82, 2.24) is 5.32 Å². The van der Waals surface area contributed by atoms with Crippen molar-refractivity contribution in [3.8, 4) is 0 Å². The average Bonchev–Trinajstić information content (AvgIpc) is 3.15. The van der Waals surface area contributed by atoms with Crippen LogP contribution >= 0.6 is 23.2 Å². The summed E-state index contributed by atoms with van der Waals surface area (Å²) in [6.45, 7) is 2.02. The van der Waals surface area contributed by atoms with Crippen LogP contribution in [0.2, 0.25) is 10.0 Å². The van der Waals surface area contributed by atoms with E-state index in [1.165, 1.54) is 18.4 Å². The van der Waals surface area contributed by atoms with E-state index >= 15 is 0 Å². The summed E-state index contributed by atoms with van der Waals surface area (Å²) in [5.41, 5.74) is 1.70. The van der Waals surface area contributed by atoms with Crippen molar-refractivity contribution in [2.75, 3.05) is 5.32 Å². The van der Waals surface area contributed by atoms with Crippen molar-refractivity contribution in [3.63, 3.8) is 0 Å². The lowest BCUT2D eigenvalue weighted by Crippen LogP contribution is -2.24. The number of amides is 2. The number of nitrogens with one attached hydrogen (secondary N) is 2. The number of anilines is 1. The molecule has 0 saturated heterocycles. The Labute approximate surface area is 116 Å². The minimum atomic E-state index is -0.320. The van der Waals surface area contributed by atoms with Gasteiger partial charge in [-0.05, 0) is 43.9 Å². The number of benzene rings is 1. The van der Waals surface area contributed by atoms with Gasteiger partial charge >= 0.3 is 6.03 Å². The molecule has 2 N–H and O–H groups in total. The third-order valence-electron chi connectivity index (χ3n) is 2.83. The maximum atomic E-state index is 11.7. The molecule has 0 aliphatic heterocycles. The number of carbonyl (C=O) groups is 1. The molecule has 1 aliphatic rings. The molecule has 0 spiro atoms. The van der Waals surface area contributed by atoms with Crippen LogP contribution in [0, 0.1) is 5.92 Å². The molecule has 0 heterocycles. The van der Waals surface area contributed by atoms with Gasteiger partial charge in [0.2, 0.25) is 0 Å². The molecule has 1 aliphatic carbocycles. The Hall–Kier alpha value is -1.19. The molecule has 1 aromatic rings. The largest absolute Gasteiger partial charge is 0.323 e. The van der Waals surface area contributed by atoms with Crippen molar-refractivity contribution in [3.05, 3.63) is 40.0 Å². The van der Waals surface area contributed by atoms with Gasteiger partial charge in [0.25, 0.3) is 0 Å². The lowest BCUT2D eigenvalue weighted by molar-refractivity contribution is 0.255. The maximum absolute atomic E-state index is 11.7. The fraction of sp³-hybridized carbons (Fsp3) is 0.308. The van der Waals surface area contributed by atoms with E-state index in [0.29, 0.717) is 21.7 Å². The molecule has 5 heteroatoms. The molecule has 0 atom stereocenters. The molecule has 0 bridgehead atoms. The van der Waals surface area contributed by atoms with Gasteiger partial charge in [0.15, 0.2) is 0 Å². The first-order valence-electron chi connectivity index (χ1n) is 5.75. The zero-order valence-electron chi connectivity index (χ0n) is 9.97. The number of halogens is 2. The highest BCUT2D eigenvalue weighted by molar-refractivity contribution is 6.35. The van der Waals surface area contributed by atoms with Gasteiger partial charge in [-0.25, -0.2) is 4.79 Å². The first-order chi connectivity index (χ1) is 8.56. The van der Waals surface area contributed by atoms with Gasteiger partial charge in [-0.1, -0.05) is 28.8 Å². The average molecular weight is 285 g/mol. The lowest BCUT2D eigenvalue weighted by Gasteiger charge is -2.07. The summed E-state index contributed by atoms with van der Waals surface area (Å²) in [6, 6.07) is 4.61. The molecule has 0 unspecified atom stereocenters. The Bertz CT molecular complexity index is 496. The number of carbonyl (C=O) groups excluding carboxylic acids is 1. The molecule has 1 aromatic carbocycles. The van der Waals surface area contributed by atoms with Crippen LogP contribution in [-0.4, -0.2) is 6.03 Å². The Kier molecular flexibility index (Phi) is 4.15. The Balaban J connectivity index is 1.94. The van der Waals surface area contributed by atoms with E-state index in [-0.39, 0.29) is 6.03 Å². The highest BCUT2D eigenvalue weighted by Gasteiger charge is 2.22. The van der Waals surface area contributed by atoms with Crippen LogP contribution in [-0.2, 0) is 0 Å². The van der Waals surface area contributed by atoms with Gasteiger partial charge < -0.3 is 10.6 Å². The number of hydrogen-bond acceptors (Lipinski definition) is 1. The second kappa shape index (κ2) is 5.63. The van der Waals surface area contributed by atoms with Crippen LogP contribution in [0.15, 0.2) is 30.0 Å². The quantitative estimate of drug-likeness (QED) is 0.847. The van der Waals surface area contributed by atoms with E-state index in [0.717, 1.165) is 0 Å². The highest BCUT2D eigenvalue weighted by Crippen LogP contribution is 2.35. The summed E-state index contributed by atoms with van der Waals surface area (Å²) in [5.74, 6) is 0.639. The lowest BCUT2D eigenvalue weighted by atomic mass is 10.2. The molecule has 18 heavy (non-hydrogen) atoms. The van der Waals surface area contributed by atoms with Crippen LogP contribution in [0.5, 0.6) is 0 Å². The zero-order chi connectivity index (χ0) is 13.1. The fourth-order valence-electron chi connectivity index (χ4n) is 1.59. The second-order valence-electron chi connectivity index (χ2n) is 4.39. The fourth-order valence-corrected chi connectivity index (χ4v) is 1.92. The zero-order valence-corrected chi connectivity index (χ0v) is 11.5. The van der Waals surface area contributed by atoms with E-state index in [1.807, 2.05) is 6.92 Å². The molecule has 1 fully saturated rings. The van der Waals surface area contributed by atoms with Crippen LogP contribution in [0.4, 0.5) is 10.5 Å². The number of allylic oxidation sites excluding steroid dienone is 1. The van der Waals surface area contributed by atoms with Crippen LogP contribution in [0.3, 0.4) is 0 Å². The first-order valence-corrected chi connectivity index (χ1v) is 6.51. The predicted octanol–water partition coefficient (Wildman–Crippen LogP) is 4.43. The molecule has 2 rings (SSSR count). The minimum absolute atomic E-state index is 0.320. The molecule has 3 nitrogen and oxygen atoms in total. The van der Waals surface area contributed by atoms with Crippen LogP contribution < -0.4 is 10.6 Å². The predicted molar refractivity (Wildman–Crippen MR) is 75.1 cm³/mol. The smallest absolute Gasteiger partial charge is 0.314 e. The molecule has 0 aromatic heterocycles. The Morgan fingerprint density at radius 3 is 2.78 bits per heavy atom. The monoisotopic (exact) mass is 284 g/mol. The van der Waals surface area contributed by atoms with Gasteiger partial charge in [0, 0.05) is 11.2 Å². The minimum Gasteiger partial charge on any atom is -0.314 e. The van der Waals surface area contributed by atoms with E-state index < -0.39 is 0 Å². The van der Waals surface area contributed by atoms with Crippen LogP contribution in [0.1, 0.15) is 19.8 Å². The van der Waals surface area contributed by atoms with Gasteiger partial charge in [0.1, 0.15) is 0 Å². The molecule has 96 valence electrons. The molecular formula is C13H14Cl2N2O. The van der Waals surface area contributed by atoms with Crippen molar-refractivity contribution in [2.45, 2.75) is 19.8 Å². The van der Waals surface area contributed by atoms with Crippen LogP contribution in [0.25, 0.3) is 0 Å². The molecule has 2 amide bonds. The normalized spacial score (nSPS) is 15.4. The van der Waals surface area contributed by atoms with E-state index in [1.54, 1.807) is 24.4 Å². The summed E-state index contributed by atoms with van der Waals surface area (Å²) in [4.78, 5) is 11.7. The second-order valence-corrected chi connectivity index (χ2v) is 5.23. The van der Waals surface area contributed by atoms with Gasteiger partial charge in [-0.3, -0.25) is 0 Å². The highest BCUT2D eigenvalue weighted by atomic mass is 35.5. The Morgan fingerprint density at radius 1 is 1.39 bits per heavy atom. The van der Waals surface area contributed by atoms with Crippen molar-refractivity contribution < 1.29 is 4.79 Å². The third-order valence-corrected chi connectivity index (χ3v) is 3.39. The SMILES string of the molecule is C/C(=C\NC(=O)Nc1cc(Cl)ccc1Cl)C1CC1. The van der Waals surface area contributed by atoms with E-state index in [4.69, 9.17) is 23.2 Å². The Morgan fingerprint density at radius 2 is 2.11 bits per heavy atom. The molecule has 0 radical (unpaired) electrons.